The maximum absolute atomic E-state index is 12.0. The minimum absolute atomic E-state index is 0.0758. The number of fused-ring (bicyclic) bond motifs is 1. The monoisotopic (exact) mass is 282 g/mol. The van der Waals surface area contributed by atoms with Crippen LogP contribution in [0.15, 0.2) is 18.2 Å². The van der Waals surface area contributed by atoms with Gasteiger partial charge in [0.15, 0.2) is 17.3 Å². The topological polar surface area (TPSA) is 52.6 Å². The van der Waals surface area contributed by atoms with Crippen LogP contribution >= 0.6 is 0 Å². The van der Waals surface area contributed by atoms with Gasteiger partial charge >= 0.3 is 0 Å². The second kappa shape index (κ2) is 6.19. The summed E-state index contributed by atoms with van der Waals surface area (Å²) in [5, 5.41) is 0. The zero-order valence-corrected chi connectivity index (χ0v) is 12.0. The van der Waals surface area contributed by atoms with Gasteiger partial charge in [-0.1, -0.05) is 13.8 Å². The standard InChI is InChI=1S/C14H18O4S/c1-10(2)5-6-19(16)8-12(15)11-3-4-13-14(7-11)18-9-17-13/h3-4,7,10H,5-6,8-9H2,1-2H3. The third kappa shape index (κ3) is 3.80. The molecule has 1 atom stereocenters. The number of benzene rings is 1. The lowest BCUT2D eigenvalue weighted by Crippen LogP contribution is -2.14. The predicted molar refractivity (Wildman–Crippen MR) is 74.2 cm³/mol. The van der Waals surface area contributed by atoms with E-state index in [0.717, 1.165) is 6.42 Å². The molecule has 0 saturated heterocycles. The van der Waals surface area contributed by atoms with Gasteiger partial charge in [0.25, 0.3) is 0 Å². The van der Waals surface area contributed by atoms with E-state index in [4.69, 9.17) is 9.47 Å². The summed E-state index contributed by atoms with van der Waals surface area (Å²) in [4.78, 5) is 12.0. The Morgan fingerprint density at radius 2 is 2.05 bits per heavy atom. The average Bonchev–Trinajstić information content (AvgIpc) is 2.83. The summed E-state index contributed by atoms with van der Waals surface area (Å²) in [6.45, 7) is 4.35. The van der Waals surface area contributed by atoms with Crippen LogP contribution in [0.5, 0.6) is 11.5 Å². The molecule has 0 fully saturated rings. The molecule has 1 aliphatic heterocycles. The Hall–Kier alpha value is -1.36. The van der Waals surface area contributed by atoms with Gasteiger partial charge in [-0.15, -0.1) is 0 Å². The van der Waals surface area contributed by atoms with Gasteiger partial charge in [0, 0.05) is 22.1 Å². The van der Waals surface area contributed by atoms with Crippen LogP contribution in [0.3, 0.4) is 0 Å². The molecule has 1 aromatic rings. The summed E-state index contributed by atoms with van der Waals surface area (Å²) >= 11 is 0. The second-order valence-corrected chi connectivity index (χ2v) is 6.54. The first-order chi connectivity index (χ1) is 9.06. The van der Waals surface area contributed by atoms with Crippen molar-refractivity contribution < 1.29 is 18.5 Å². The second-order valence-electron chi connectivity index (χ2n) is 4.96. The van der Waals surface area contributed by atoms with Crippen LogP contribution in [-0.2, 0) is 10.8 Å². The van der Waals surface area contributed by atoms with E-state index in [1.54, 1.807) is 18.2 Å². The van der Waals surface area contributed by atoms with Crippen molar-refractivity contribution in [1.82, 2.24) is 0 Å². The van der Waals surface area contributed by atoms with Crippen LogP contribution < -0.4 is 9.47 Å². The van der Waals surface area contributed by atoms with Gasteiger partial charge in [-0.25, -0.2) is 0 Å². The van der Waals surface area contributed by atoms with Gasteiger partial charge in [-0.05, 0) is 30.5 Å². The van der Waals surface area contributed by atoms with Crippen molar-refractivity contribution in [3.05, 3.63) is 23.8 Å². The number of rotatable bonds is 6. The molecular weight excluding hydrogens is 264 g/mol. The van der Waals surface area contributed by atoms with Gasteiger partial charge in [-0.3, -0.25) is 9.00 Å². The fourth-order valence-corrected chi connectivity index (χ4v) is 3.08. The summed E-state index contributed by atoms with van der Waals surface area (Å²) in [6.07, 6.45) is 0.876. The highest BCUT2D eigenvalue weighted by Gasteiger charge is 2.17. The minimum atomic E-state index is -1.09. The molecule has 2 rings (SSSR count). The molecule has 4 nitrogen and oxygen atoms in total. The highest BCUT2D eigenvalue weighted by Crippen LogP contribution is 2.32. The molecule has 0 amide bonds. The minimum Gasteiger partial charge on any atom is -0.454 e. The van der Waals surface area contributed by atoms with Crippen molar-refractivity contribution in [2.45, 2.75) is 20.3 Å². The number of carbonyl (C=O) groups excluding carboxylic acids is 1. The Labute approximate surface area is 115 Å². The Kier molecular flexibility index (Phi) is 4.58. The van der Waals surface area contributed by atoms with E-state index in [9.17, 15) is 9.00 Å². The van der Waals surface area contributed by atoms with Crippen LogP contribution in [0.4, 0.5) is 0 Å². The third-order valence-corrected chi connectivity index (χ3v) is 4.18. The molecule has 0 N–H and O–H groups in total. The molecule has 5 heteroatoms. The lowest BCUT2D eigenvalue weighted by atomic mass is 10.1. The summed E-state index contributed by atoms with van der Waals surface area (Å²) in [7, 11) is -1.09. The maximum Gasteiger partial charge on any atom is 0.231 e. The number of hydrogen-bond acceptors (Lipinski definition) is 4. The fourth-order valence-electron chi connectivity index (χ4n) is 1.74. The molecule has 0 bridgehead atoms. The quantitative estimate of drug-likeness (QED) is 0.752. The Bertz CT molecular complexity index is 496. The largest absolute Gasteiger partial charge is 0.454 e. The molecule has 19 heavy (non-hydrogen) atoms. The molecule has 0 radical (unpaired) electrons. The highest BCUT2D eigenvalue weighted by atomic mass is 32.2. The van der Waals surface area contributed by atoms with E-state index < -0.39 is 10.8 Å². The first kappa shape index (κ1) is 14.1. The van der Waals surface area contributed by atoms with Crippen molar-refractivity contribution in [2.75, 3.05) is 18.3 Å². The first-order valence-electron chi connectivity index (χ1n) is 6.34. The Balaban J connectivity index is 1.94. The highest BCUT2D eigenvalue weighted by molar-refractivity contribution is 7.85. The van der Waals surface area contributed by atoms with Crippen LogP contribution in [-0.4, -0.2) is 28.3 Å². The average molecular weight is 282 g/mol. The van der Waals surface area contributed by atoms with Crippen LogP contribution in [0.25, 0.3) is 0 Å². The van der Waals surface area contributed by atoms with Crippen molar-refractivity contribution in [2.24, 2.45) is 5.92 Å². The summed E-state index contributed by atoms with van der Waals surface area (Å²) < 4.78 is 22.2. The van der Waals surface area contributed by atoms with Crippen LogP contribution in [0.1, 0.15) is 30.6 Å². The SMILES string of the molecule is CC(C)CCS(=O)CC(=O)c1ccc2c(c1)OCO2. The van der Waals surface area contributed by atoms with Crippen molar-refractivity contribution in [3.8, 4) is 11.5 Å². The van der Waals surface area contributed by atoms with E-state index >= 15 is 0 Å². The lowest BCUT2D eigenvalue weighted by Gasteiger charge is -2.05. The number of Topliss-reactive ketones (excluding diaryl/α,β-unsaturated/α-hetero) is 1. The van der Waals surface area contributed by atoms with Gasteiger partial charge < -0.3 is 9.47 Å². The molecule has 1 unspecified atom stereocenters. The zero-order chi connectivity index (χ0) is 13.8. The van der Waals surface area contributed by atoms with Gasteiger partial charge in [0.2, 0.25) is 6.79 Å². The molecule has 0 spiro atoms. The normalized spacial score (nSPS) is 14.7. The smallest absolute Gasteiger partial charge is 0.231 e. The van der Waals surface area contributed by atoms with E-state index in [0.29, 0.717) is 28.7 Å². The maximum atomic E-state index is 12.0. The molecule has 0 aliphatic carbocycles. The third-order valence-electron chi connectivity index (χ3n) is 2.91. The molecular formula is C14H18O4S. The van der Waals surface area contributed by atoms with E-state index in [2.05, 4.69) is 13.8 Å². The number of ether oxygens (including phenoxy) is 2. The van der Waals surface area contributed by atoms with Crippen molar-refractivity contribution >= 4 is 16.6 Å². The molecule has 0 saturated carbocycles. The van der Waals surface area contributed by atoms with Crippen LogP contribution in [0.2, 0.25) is 0 Å². The molecule has 1 heterocycles. The van der Waals surface area contributed by atoms with Crippen molar-refractivity contribution in [1.29, 1.82) is 0 Å². The molecule has 0 aromatic heterocycles. The molecule has 1 aromatic carbocycles. The summed E-state index contributed by atoms with van der Waals surface area (Å²) in [6, 6.07) is 5.06. The van der Waals surface area contributed by atoms with E-state index in [1.807, 2.05) is 0 Å². The van der Waals surface area contributed by atoms with Gasteiger partial charge in [0.1, 0.15) is 0 Å². The van der Waals surface area contributed by atoms with Gasteiger partial charge in [0.05, 0.1) is 5.75 Å². The number of carbonyl (C=O) groups is 1. The zero-order valence-electron chi connectivity index (χ0n) is 11.2. The summed E-state index contributed by atoms with van der Waals surface area (Å²) in [5.74, 6) is 2.28. The predicted octanol–water partition coefficient (Wildman–Crippen LogP) is 2.39. The Morgan fingerprint density at radius 1 is 1.32 bits per heavy atom. The number of ketones is 1. The van der Waals surface area contributed by atoms with E-state index in [1.165, 1.54) is 0 Å². The van der Waals surface area contributed by atoms with Crippen molar-refractivity contribution in [3.63, 3.8) is 0 Å². The molecule has 1 aliphatic rings. The Morgan fingerprint density at radius 3 is 2.79 bits per heavy atom. The lowest BCUT2D eigenvalue weighted by molar-refractivity contribution is 0.102. The molecule has 104 valence electrons. The van der Waals surface area contributed by atoms with Crippen LogP contribution in [0, 0.1) is 5.92 Å². The van der Waals surface area contributed by atoms with E-state index in [-0.39, 0.29) is 18.3 Å². The first-order valence-corrected chi connectivity index (χ1v) is 7.83. The van der Waals surface area contributed by atoms with Gasteiger partial charge in [-0.2, -0.15) is 0 Å². The number of hydrogen-bond donors (Lipinski definition) is 0. The fraction of sp³-hybridized carbons (Fsp3) is 0.500. The summed E-state index contributed by atoms with van der Waals surface area (Å²) in [5.41, 5.74) is 0.530.